The van der Waals surface area contributed by atoms with E-state index in [1.54, 1.807) is 0 Å². The third-order valence-electron chi connectivity index (χ3n) is 12.2. The molecule has 408 valence electrons. The van der Waals surface area contributed by atoms with Crippen molar-refractivity contribution in [3.8, 4) is 0 Å². The van der Waals surface area contributed by atoms with E-state index in [0.717, 1.165) is 89.9 Å². The van der Waals surface area contributed by atoms with Gasteiger partial charge in [0.25, 0.3) is 0 Å². The Balaban J connectivity index is 4.71. The molecule has 0 bridgehead atoms. The summed E-state index contributed by atoms with van der Waals surface area (Å²) in [6.07, 6.45) is 55.1. The number of ether oxygens (including phenoxy) is 3. The van der Waals surface area contributed by atoms with Crippen molar-refractivity contribution >= 4 is 25.7 Å². The molecule has 0 rings (SSSR count). The van der Waals surface area contributed by atoms with Gasteiger partial charge < -0.3 is 24.2 Å². The Hall–Kier alpha value is -2.56. The van der Waals surface area contributed by atoms with E-state index < -0.39 is 57.8 Å². The fraction of sp³-hybridized carbons (Fsp3) is 0.810. The van der Waals surface area contributed by atoms with Gasteiger partial charge in [0.2, 0.25) is 0 Å². The van der Waals surface area contributed by atoms with Crippen LogP contribution in [0.3, 0.4) is 0 Å². The molecule has 0 aliphatic heterocycles. The predicted octanol–water partition coefficient (Wildman–Crippen LogP) is 16.6. The SMILES string of the molecule is CC/C=C\C/C=C\C/C=C\CCCCCCCC(=O)OCC(COP(=O)(O)OCC(CO)OC(=O)CCCCCCCCCCC)OC(=O)CCCCCCCCCCC/C=C\CCCCCCCC. The first kappa shape index (κ1) is 67.4. The summed E-state index contributed by atoms with van der Waals surface area (Å²) < 4.78 is 39.4. The molecule has 0 spiro atoms. The summed E-state index contributed by atoms with van der Waals surface area (Å²) in [5.41, 5.74) is 0. The molecule has 0 amide bonds. The minimum Gasteiger partial charge on any atom is -0.462 e. The zero-order valence-electron chi connectivity index (χ0n) is 45.0. The molecule has 0 heterocycles. The minimum absolute atomic E-state index is 0.163. The number of phosphoric acid groups is 1. The first-order valence-corrected chi connectivity index (χ1v) is 30.0. The van der Waals surface area contributed by atoms with Crippen molar-refractivity contribution in [2.45, 2.75) is 277 Å². The van der Waals surface area contributed by atoms with Crippen LogP contribution in [0.1, 0.15) is 265 Å². The lowest BCUT2D eigenvalue weighted by Gasteiger charge is -2.21. The summed E-state index contributed by atoms with van der Waals surface area (Å²) in [6.45, 7) is 4.50. The van der Waals surface area contributed by atoms with Crippen molar-refractivity contribution in [1.82, 2.24) is 0 Å². The first-order chi connectivity index (χ1) is 34.2. The molecule has 0 aromatic rings. The molecule has 0 aliphatic rings. The highest BCUT2D eigenvalue weighted by Gasteiger charge is 2.28. The normalized spacial score (nSPS) is 13.7. The highest BCUT2D eigenvalue weighted by Crippen LogP contribution is 2.43. The van der Waals surface area contributed by atoms with E-state index in [1.807, 2.05) is 0 Å². The van der Waals surface area contributed by atoms with Gasteiger partial charge in [0.15, 0.2) is 6.10 Å². The zero-order chi connectivity index (χ0) is 51.3. The Morgan fingerprint density at radius 3 is 1.16 bits per heavy atom. The number of allylic oxidation sites excluding steroid dienone is 8. The Morgan fingerprint density at radius 2 is 0.743 bits per heavy atom. The van der Waals surface area contributed by atoms with Gasteiger partial charge in [-0.3, -0.25) is 23.4 Å². The monoisotopic (exact) mass is 1010 g/mol. The fourth-order valence-corrected chi connectivity index (χ4v) is 8.68. The second-order valence-electron chi connectivity index (χ2n) is 19.1. The molecule has 11 nitrogen and oxygen atoms in total. The predicted molar refractivity (Wildman–Crippen MR) is 289 cm³/mol. The molecule has 0 aliphatic carbocycles. The number of carbonyl (C=O) groups is 3. The van der Waals surface area contributed by atoms with Gasteiger partial charge in [0.1, 0.15) is 12.7 Å². The number of esters is 3. The Bertz CT molecular complexity index is 1360. The van der Waals surface area contributed by atoms with Gasteiger partial charge in [0.05, 0.1) is 19.8 Å². The van der Waals surface area contributed by atoms with Crippen LogP contribution < -0.4 is 0 Å². The largest absolute Gasteiger partial charge is 0.472 e. The van der Waals surface area contributed by atoms with Crippen LogP contribution in [0, 0.1) is 0 Å². The quantitative estimate of drug-likeness (QED) is 0.0197. The van der Waals surface area contributed by atoms with Gasteiger partial charge in [-0.25, -0.2) is 4.57 Å². The topological polar surface area (TPSA) is 155 Å². The van der Waals surface area contributed by atoms with Crippen LogP contribution >= 0.6 is 7.82 Å². The summed E-state index contributed by atoms with van der Waals surface area (Å²) in [4.78, 5) is 48.4. The van der Waals surface area contributed by atoms with Crippen LogP contribution in [0.15, 0.2) is 48.6 Å². The number of phosphoric ester groups is 1. The van der Waals surface area contributed by atoms with Crippen molar-refractivity contribution in [1.29, 1.82) is 0 Å². The summed E-state index contributed by atoms with van der Waals surface area (Å²) in [6, 6.07) is 0. The van der Waals surface area contributed by atoms with Crippen LogP contribution in [0.5, 0.6) is 0 Å². The Morgan fingerprint density at radius 1 is 0.414 bits per heavy atom. The third kappa shape index (κ3) is 50.4. The molecule has 0 radical (unpaired) electrons. The number of aliphatic hydroxyl groups excluding tert-OH is 1. The average molecular weight is 1010 g/mol. The third-order valence-corrected chi connectivity index (χ3v) is 13.2. The zero-order valence-corrected chi connectivity index (χ0v) is 45.9. The van der Waals surface area contributed by atoms with Gasteiger partial charge in [-0.05, 0) is 77.0 Å². The molecule has 2 N–H and O–H groups in total. The van der Waals surface area contributed by atoms with E-state index in [0.29, 0.717) is 19.3 Å². The van der Waals surface area contributed by atoms with E-state index >= 15 is 0 Å². The molecule has 12 heteroatoms. The first-order valence-electron chi connectivity index (χ1n) is 28.5. The van der Waals surface area contributed by atoms with Crippen molar-refractivity contribution < 1.29 is 52.2 Å². The molecule has 0 fully saturated rings. The molecule has 3 unspecified atom stereocenters. The lowest BCUT2D eigenvalue weighted by atomic mass is 10.1. The van der Waals surface area contributed by atoms with Crippen LogP contribution in [0.2, 0.25) is 0 Å². The molecule has 0 aromatic carbocycles. The van der Waals surface area contributed by atoms with E-state index in [4.69, 9.17) is 23.3 Å². The highest BCUT2D eigenvalue weighted by atomic mass is 31.2. The number of aliphatic hydroxyl groups is 1. The second kappa shape index (κ2) is 52.8. The molecular formula is C58H105O11P. The molecular weight excluding hydrogens is 904 g/mol. The fourth-order valence-electron chi connectivity index (χ4n) is 7.90. The minimum atomic E-state index is -4.74. The number of unbranched alkanes of at least 4 members (excludes halogenated alkanes) is 28. The standard InChI is InChI=1S/C58H105O11P/c1-4-7-10-13-16-19-21-23-25-26-27-28-30-32-34-37-40-43-46-49-58(62)69-55(51-65-56(60)47-44-41-38-36-33-31-29-24-22-20-17-14-11-8-5-2)53-67-70(63,64)66-52-54(50-59)68-57(61)48-45-42-39-35-18-15-12-9-6-3/h8,11,17,20,23-25,29,54-55,59H,4-7,9-10,12-16,18-19,21-22,26-28,30-53H2,1-3H3,(H,63,64)/b11-8-,20-17-,25-23-,29-24-. The summed E-state index contributed by atoms with van der Waals surface area (Å²) >= 11 is 0. The van der Waals surface area contributed by atoms with E-state index in [2.05, 4.69) is 69.4 Å². The molecule has 3 atom stereocenters. The van der Waals surface area contributed by atoms with Crippen molar-refractivity contribution in [2.24, 2.45) is 0 Å². The lowest BCUT2D eigenvalue weighted by Crippen LogP contribution is -2.30. The highest BCUT2D eigenvalue weighted by molar-refractivity contribution is 7.47. The van der Waals surface area contributed by atoms with Crippen molar-refractivity contribution in [2.75, 3.05) is 26.4 Å². The van der Waals surface area contributed by atoms with Gasteiger partial charge in [-0.1, -0.05) is 217 Å². The average Bonchev–Trinajstić information content (AvgIpc) is 3.35. The smallest absolute Gasteiger partial charge is 0.462 e. The second-order valence-corrected chi connectivity index (χ2v) is 20.5. The number of hydrogen-bond donors (Lipinski definition) is 2. The molecule has 0 aromatic heterocycles. The van der Waals surface area contributed by atoms with E-state index in [-0.39, 0.29) is 25.9 Å². The van der Waals surface area contributed by atoms with Crippen molar-refractivity contribution in [3.63, 3.8) is 0 Å². The molecule has 70 heavy (non-hydrogen) atoms. The maximum Gasteiger partial charge on any atom is 0.472 e. The van der Waals surface area contributed by atoms with Crippen molar-refractivity contribution in [3.05, 3.63) is 48.6 Å². The van der Waals surface area contributed by atoms with Gasteiger partial charge in [0, 0.05) is 19.3 Å². The van der Waals surface area contributed by atoms with Crippen LogP contribution in [-0.4, -0.2) is 66.5 Å². The number of rotatable bonds is 53. The van der Waals surface area contributed by atoms with Gasteiger partial charge >= 0.3 is 25.7 Å². The maximum atomic E-state index is 12.9. The maximum absolute atomic E-state index is 12.9. The molecule has 0 saturated heterocycles. The lowest BCUT2D eigenvalue weighted by molar-refractivity contribution is -0.161. The van der Waals surface area contributed by atoms with E-state index in [9.17, 15) is 28.9 Å². The Kier molecular flexibility index (Phi) is 50.8. The summed E-state index contributed by atoms with van der Waals surface area (Å²) in [5.74, 6) is -1.48. The molecule has 0 saturated carbocycles. The van der Waals surface area contributed by atoms with Gasteiger partial charge in [-0.2, -0.15) is 0 Å². The van der Waals surface area contributed by atoms with Crippen LogP contribution in [-0.2, 0) is 42.2 Å². The number of carbonyl (C=O) groups excluding carboxylic acids is 3. The van der Waals surface area contributed by atoms with E-state index in [1.165, 1.54) is 116 Å². The summed E-state index contributed by atoms with van der Waals surface area (Å²) in [5, 5.41) is 9.77. The Labute approximate surface area is 428 Å². The van der Waals surface area contributed by atoms with Crippen LogP contribution in [0.4, 0.5) is 0 Å². The van der Waals surface area contributed by atoms with Crippen LogP contribution in [0.25, 0.3) is 0 Å². The van der Waals surface area contributed by atoms with Gasteiger partial charge in [-0.15, -0.1) is 0 Å². The number of hydrogen-bond acceptors (Lipinski definition) is 10. The summed E-state index contributed by atoms with van der Waals surface area (Å²) in [7, 11) is -4.74.